The van der Waals surface area contributed by atoms with Crippen molar-refractivity contribution in [3.05, 3.63) is 113 Å². The molecule has 1 unspecified atom stereocenters. The normalized spacial score (nSPS) is 11.8. The van der Waals surface area contributed by atoms with Gasteiger partial charge in [0.2, 0.25) is 5.91 Å². The average Bonchev–Trinajstić information content (AvgIpc) is 3.38. The Morgan fingerprint density at radius 1 is 0.974 bits per heavy atom. The Morgan fingerprint density at radius 2 is 1.74 bits per heavy atom. The van der Waals surface area contributed by atoms with E-state index in [0.29, 0.717) is 16.8 Å². The van der Waals surface area contributed by atoms with E-state index in [9.17, 15) is 18.6 Å². The number of nitrogens with zero attached hydrogens (tertiary/aromatic N) is 2. The SMILES string of the molecule is CNC(=O)CS(=O)(=NC(=O)c1cncc(C#Cc2cccc(NC(=O)c3occc3C)c2)c1)c1ccccc1. The summed E-state index contributed by atoms with van der Waals surface area (Å²) in [5, 5.41) is 5.20. The van der Waals surface area contributed by atoms with Crippen LogP contribution in [-0.4, -0.2) is 39.7 Å². The maximum atomic E-state index is 13.6. The van der Waals surface area contributed by atoms with Crippen LogP contribution >= 0.6 is 0 Å². The Balaban J connectivity index is 1.57. The van der Waals surface area contributed by atoms with Crippen LogP contribution in [0.15, 0.2) is 99.1 Å². The molecule has 0 radical (unpaired) electrons. The highest BCUT2D eigenvalue weighted by atomic mass is 32.2. The summed E-state index contributed by atoms with van der Waals surface area (Å²) in [7, 11) is -1.95. The minimum absolute atomic E-state index is 0.0807. The molecule has 4 aromatic rings. The number of rotatable bonds is 6. The first-order valence-electron chi connectivity index (χ1n) is 11.7. The minimum atomic E-state index is -3.37. The van der Waals surface area contributed by atoms with Crippen LogP contribution in [0.4, 0.5) is 5.69 Å². The van der Waals surface area contributed by atoms with Crippen molar-refractivity contribution < 1.29 is 23.0 Å². The number of pyridine rings is 1. The summed E-state index contributed by atoms with van der Waals surface area (Å²) in [5.41, 5.74) is 2.38. The fourth-order valence-corrected chi connectivity index (χ4v) is 5.27. The molecule has 2 N–H and O–H groups in total. The van der Waals surface area contributed by atoms with Crippen molar-refractivity contribution in [3.63, 3.8) is 0 Å². The van der Waals surface area contributed by atoms with Crippen molar-refractivity contribution in [1.82, 2.24) is 10.3 Å². The summed E-state index contributed by atoms with van der Waals surface area (Å²) in [4.78, 5) is 41.8. The number of anilines is 1. The highest BCUT2D eigenvalue weighted by Gasteiger charge is 2.20. The molecule has 0 aliphatic heterocycles. The molecule has 2 aromatic carbocycles. The summed E-state index contributed by atoms with van der Waals surface area (Å²) < 4.78 is 22.8. The van der Waals surface area contributed by atoms with Crippen molar-refractivity contribution in [1.29, 1.82) is 0 Å². The number of furan rings is 1. The number of hydrogen-bond acceptors (Lipinski definition) is 6. The third kappa shape index (κ3) is 6.85. The van der Waals surface area contributed by atoms with Gasteiger partial charge in [-0.25, -0.2) is 4.21 Å². The van der Waals surface area contributed by atoms with Crippen molar-refractivity contribution >= 4 is 33.1 Å². The molecule has 0 bridgehead atoms. The van der Waals surface area contributed by atoms with Crippen molar-refractivity contribution in [2.75, 3.05) is 18.1 Å². The summed E-state index contributed by atoms with van der Waals surface area (Å²) in [6.45, 7) is 1.78. The number of aryl methyl sites for hydroxylation is 1. The van der Waals surface area contributed by atoms with E-state index in [-0.39, 0.29) is 22.1 Å². The molecule has 1 atom stereocenters. The summed E-state index contributed by atoms with van der Waals surface area (Å²) in [5.74, 6) is 4.04. The minimum Gasteiger partial charge on any atom is -0.459 e. The van der Waals surface area contributed by atoms with Gasteiger partial charge in [-0.05, 0) is 49.4 Å². The number of amides is 3. The van der Waals surface area contributed by atoms with Crippen molar-refractivity contribution in [2.24, 2.45) is 4.36 Å². The molecular weight excluding hydrogens is 516 g/mol. The van der Waals surface area contributed by atoms with Gasteiger partial charge in [-0.2, -0.15) is 4.36 Å². The number of aromatic nitrogens is 1. The van der Waals surface area contributed by atoms with Gasteiger partial charge in [-0.1, -0.05) is 36.1 Å². The topological polar surface area (TPSA) is 131 Å². The summed E-state index contributed by atoms with van der Waals surface area (Å²) in [6, 6.07) is 18.3. The zero-order valence-electron chi connectivity index (χ0n) is 21.1. The number of benzene rings is 2. The molecule has 0 aliphatic carbocycles. The molecular formula is C29H24N4O5S. The molecule has 39 heavy (non-hydrogen) atoms. The zero-order valence-corrected chi connectivity index (χ0v) is 22.0. The Morgan fingerprint density at radius 3 is 2.46 bits per heavy atom. The van der Waals surface area contributed by atoms with Gasteiger partial charge >= 0.3 is 0 Å². The molecule has 2 heterocycles. The van der Waals surface area contributed by atoms with Crippen molar-refractivity contribution in [2.45, 2.75) is 11.8 Å². The Hall–Kier alpha value is -5.01. The standard InChI is InChI=1S/C29H24N4O5S/c1-20-13-14-38-27(20)29(36)32-24-8-6-7-21(16-24)11-12-22-15-23(18-31-17-22)28(35)33-39(37,19-26(34)30-2)25-9-4-3-5-10-25/h3-10,13-18H,19H2,1-2H3,(H,30,34)(H,32,36). The number of carbonyl (C=O) groups is 3. The molecule has 4 rings (SSSR count). The molecule has 0 spiro atoms. The van der Waals surface area contributed by atoms with E-state index in [4.69, 9.17) is 4.42 Å². The second-order valence-corrected chi connectivity index (χ2v) is 10.6. The van der Waals surface area contributed by atoms with Gasteiger partial charge in [-0.15, -0.1) is 0 Å². The first-order valence-corrected chi connectivity index (χ1v) is 13.4. The fourth-order valence-electron chi connectivity index (χ4n) is 3.48. The largest absolute Gasteiger partial charge is 0.459 e. The molecule has 9 nitrogen and oxygen atoms in total. The highest BCUT2D eigenvalue weighted by molar-refractivity contribution is 7.94. The van der Waals surface area contributed by atoms with Gasteiger partial charge in [0.1, 0.15) is 5.75 Å². The second kappa shape index (κ2) is 12.0. The van der Waals surface area contributed by atoms with Crippen LogP contribution in [0.1, 0.15) is 37.6 Å². The van der Waals surface area contributed by atoms with Crippen LogP contribution in [0.3, 0.4) is 0 Å². The number of carbonyl (C=O) groups excluding carboxylic acids is 3. The quantitative estimate of drug-likeness (QED) is 0.355. The van der Waals surface area contributed by atoms with Crippen LogP contribution in [0.2, 0.25) is 0 Å². The lowest BCUT2D eigenvalue weighted by Gasteiger charge is -2.09. The van der Waals surface area contributed by atoms with E-state index < -0.39 is 27.3 Å². The molecule has 0 fully saturated rings. The van der Waals surface area contributed by atoms with Crippen LogP contribution in [0, 0.1) is 18.8 Å². The first kappa shape index (κ1) is 27.0. The van der Waals surface area contributed by atoms with Crippen LogP contribution in [0.5, 0.6) is 0 Å². The maximum absolute atomic E-state index is 13.6. The van der Waals surface area contributed by atoms with Gasteiger partial charge in [0.25, 0.3) is 11.8 Å². The van der Waals surface area contributed by atoms with Crippen LogP contribution in [-0.2, 0) is 14.5 Å². The van der Waals surface area contributed by atoms with E-state index in [1.807, 2.05) is 0 Å². The van der Waals surface area contributed by atoms with E-state index in [0.717, 1.165) is 5.56 Å². The lowest BCUT2D eigenvalue weighted by atomic mass is 10.1. The third-order valence-corrected chi connectivity index (χ3v) is 7.60. The predicted molar refractivity (Wildman–Crippen MR) is 147 cm³/mol. The van der Waals surface area contributed by atoms with Gasteiger partial charge in [0.15, 0.2) is 5.76 Å². The molecule has 0 saturated heterocycles. The Kier molecular flexibility index (Phi) is 8.33. The summed E-state index contributed by atoms with van der Waals surface area (Å²) in [6.07, 6.45) is 4.23. The maximum Gasteiger partial charge on any atom is 0.291 e. The van der Waals surface area contributed by atoms with Gasteiger partial charge in [0, 0.05) is 46.7 Å². The molecule has 0 saturated carbocycles. The smallest absolute Gasteiger partial charge is 0.291 e. The van der Waals surface area contributed by atoms with E-state index >= 15 is 0 Å². The van der Waals surface area contributed by atoms with Gasteiger partial charge < -0.3 is 15.1 Å². The first-order chi connectivity index (χ1) is 18.8. The predicted octanol–water partition coefficient (Wildman–Crippen LogP) is 4.05. The highest BCUT2D eigenvalue weighted by Crippen LogP contribution is 2.17. The fraction of sp³-hybridized carbons (Fsp3) is 0.103. The molecule has 10 heteroatoms. The number of nitrogens with one attached hydrogen (secondary N) is 2. The second-order valence-electron chi connectivity index (χ2n) is 8.35. The average molecular weight is 541 g/mol. The van der Waals surface area contributed by atoms with Gasteiger partial charge in [0.05, 0.1) is 21.6 Å². The van der Waals surface area contributed by atoms with E-state index in [1.54, 1.807) is 67.6 Å². The molecule has 3 amide bonds. The van der Waals surface area contributed by atoms with E-state index in [1.165, 1.54) is 31.8 Å². The Labute approximate surface area is 225 Å². The Bertz CT molecular complexity index is 1720. The number of hydrogen-bond donors (Lipinski definition) is 2. The lowest BCUT2D eigenvalue weighted by molar-refractivity contribution is -0.118. The molecule has 196 valence electrons. The van der Waals surface area contributed by atoms with Gasteiger partial charge in [-0.3, -0.25) is 19.4 Å². The van der Waals surface area contributed by atoms with E-state index in [2.05, 4.69) is 31.8 Å². The zero-order chi connectivity index (χ0) is 27.8. The monoisotopic (exact) mass is 540 g/mol. The molecule has 0 aliphatic rings. The summed E-state index contributed by atoms with van der Waals surface area (Å²) >= 11 is 0. The molecule has 2 aromatic heterocycles. The van der Waals surface area contributed by atoms with Crippen LogP contribution < -0.4 is 10.6 Å². The third-order valence-electron chi connectivity index (χ3n) is 5.47. The van der Waals surface area contributed by atoms with Crippen molar-refractivity contribution in [3.8, 4) is 11.8 Å². The van der Waals surface area contributed by atoms with Crippen LogP contribution in [0.25, 0.3) is 0 Å². The lowest BCUT2D eigenvalue weighted by Crippen LogP contribution is -2.27.